The number of carbonyl (C=O) groups excluding carboxylic acids is 2. The van der Waals surface area contributed by atoms with Crippen LogP contribution in [0.25, 0.3) is 16.7 Å². The first kappa shape index (κ1) is 32.4. The van der Waals surface area contributed by atoms with Gasteiger partial charge >= 0.3 is 0 Å². The van der Waals surface area contributed by atoms with Crippen molar-refractivity contribution in [2.45, 2.75) is 51.1 Å². The number of imidazole rings is 1. The van der Waals surface area contributed by atoms with Gasteiger partial charge in [-0.05, 0) is 79.6 Å². The summed E-state index contributed by atoms with van der Waals surface area (Å²) in [6.45, 7) is 3.12. The maximum atomic E-state index is 13.6. The number of benzene rings is 3. The molecule has 2 aliphatic rings. The van der Waals surface area contributed by atoms with Crippen molar-refractivity contribution in [3.63, 3.8) is 0 Å². The summed E-state index contributed by atoms with van der Waals surface area (Å²) in [6, 6.07) is 22.2. The zero-order valence-electron chi connectivity index (χ0n) is 27.2. The fraction of sp³-hybridized carbons (Fsp3) is 0.282. The Morgan fingerprint density at radius 2 is 1.78 bits per heavy atom. The first-order valence-electron chi connectivity index (χ1n) is 16.8. The van der Waals surface area contributed by atoms with Crippen LogP contribution in [0, 0.1) is 0 Å². The molecule has 1 N–H and O–H groups in total. The third-order valence-electron chi connectivity index (χ3n) is 9.38. The molecule has 0 unspecified atom stereocenters. The van der Waals surface area contributed by atoms with E-state index in [2.05, 4.69) is 39.5 Å². The van der Waals surface area contributed by atoms with Crippen molar-refractivity contribution >= 4 is 40.1 Å². The highest BCUT2D eigenvalue weighted by Crippen LogP contribution is 2.29. The van der Waals surface area contributed by atoms with Crippen molar-refractivity contribution in [2.75, 3.05) is 24.5 Å². The van der Waals surface area contributed by atoms with Crippen molar-refractivity contribution in [2.24, 2.45) is 0 Å². The van der Waals surface area contributed by atoms with E-state index in [0.717, 1.165) is 56.6 Å². The summed E-state index contributed by atoms with van der Waals surface area (Å²) in [5.74, 6) is -0.250. The number of aromatic nitrogens is 2. The second-order valence-corrected chi connectivity index (χ2v) is 13.2. The van der Waals surface area contributed by atoms with Crippen molar-refractivity contribution < 1.29 is 14.0 Å². The number of nitrogens with one attached hydrogen (secondary N) is 1. The molecule has 2 fully saturated rings. The predicted molar refractivity (Wildman–Crippen MR) is 191 cm³/mol. The molecule has 5 aromatic rings. The average Bonchev–Trinajstić information content (AvgIpc) is 3.66. The van der Waals surface area contributed by atoms with Crippen LogP contribution in [0.15, 0.2) is 112 Å². The number of rotatable bonds is 9. The number of fused-ring (bicyclic) bond motifs is 1. The van der Waals surface area contributed by atoms with Crippen LogP contribution in [0.3, 0.4) is 0 Å². The first-order valence-corrected chi connectivity index (χ1v) is 17.2. The molecule has 2 saturated heterocycles. The Kier molecular flexibility index (Phi) is 9.61. The summed E-state index contributed by atoms with van der Waals surface area (Å²) >= 11 is 6.15. The van der Waals surface area contributed by atoms with Crippen LogP contribution >= 0.6 is 11.6 Å². The number of likely N-dealkylation sites (tertiary alicyclic amines) is 1. The number of carbonyl (C=O) groups is 2. The molecule has 4 heterocycles. The molecule has 2 amide bonds. The third kappa shape index (κ3) is 7.62. The minimum atomic E-state index is -0.452. The van der Waals surface area contributed by atoms with Crippen molar-refractivity contribution in [1.82, 2.24) is 19.8 Å². The van der Waals surface area contributed by atoms with Crippen LogP contribution in [-0.4, -0.2) is 51.9 Å². The zero-order chi connectivity index (χ0) is 33.7. The fourth-order valence-corrected chi connectivity index (χ4v) is 6.89. The SMILES string of the molecule is O=C(N[C@@H](C=C1CCN(c2ccccc2CN2CCCCC2=O)CC1)Cc1ccc(Cl)cc1)c1cc(=O)c2cc(-n3ccnc3)ccc2o1. The smallest absolute Gasteiger partial charge is 0.287 e. The Bertz CT molecular complexity index is 2040. The van der Waals surface area contributed by atoms with Crippen LogP contribution in [0.5, 0.6) is 0 Å². The van der Waals surface area contributed by atoms with E-state index in [1.165, 1.54) is 22.9 Å². The number of piperidine rings is 2. The van der Waals surface area contributed by atoms with E-state index >= 15 is 0 Å². The van der Waals surface area contributed by atoms with Gasteiger partial charge in [-0.1, -0.05) is 53.6 Å². The molecule has 0 bridgehead atoms. The normalized spacial score (nSPS) is 15.8. The Hall–Kier alpha value is -5.15. The van der Waals surface area contributed by atoms with Gasteiger partial charge in [0.15, 0.2) is 11.2 Å². The highest BCUT2D eigenvalue weighted by Gasteiger charge is 2.23. The van der Waals surface area contributed by atoms with Crippen molar-refractivity contribution in [3.05, 3.63) is 135 Å². The van der Waals surface area contributed by atoms with E-state index in [0.29, 0.717) is 35.4 Å². The molecular formula is C39H38ClN5O4. The molecular weight excluding hydrogens is 638 g/mol. The van der Waals surface area contributed by atoms with Crippen LogP contribution in [0.2, 0.25) is 5.02 Å². The number of amides is 2. The molecule has 2 aromatic heterocycles. The second-order valence-electron chi connectivity index (χ2n) is 12.7. The first-order chi connectivity index (χ1) is 23.9. The molecule has 2 aliphatic heterocycles. The van der Waals surface area contributed by atoms with Gasteiger partial charge in [0.2, 0.25) is 5.91 Å². The van der Waals surface area contributed by atoms with E-state index in [1.54, 1.807) is 35.4 Å². The maximum absolute atomic E-state index is 13.6. The van der Waals surface area contributed by atoms with Crippen molar-refractivity contribution in [3.8, 4) is 5.69 Å². The van der Waals surface area contributed by atoms with E-state index < -0.39 is 5.91 Å². The van der Waals surface area contributed by atoms with E-state index in [-0.39, 0.29) is 23.1 Å². The van der Waals surface area contributed by atoms with Gasteiger partial charge in [-0.2, -0.15) is 0 Å². The molecule has 0 spiro atoms. The maximum Gasteiger partial charge on any atom is 0.287 e. The molecule has 9 nitrogen and oxygen atoms in total. The van der Waals surface area contributed by atoms with E-state index in [9.17, 15) is 14.4 Å². The summed E-state index contributed by atoms with van der Waals surface area (Å²) in [5.41, 5.74) is 5.45. The summed E-state index contributed by atoms with van der Waals surface area (Å²) in [5, 5.41) is 4.16. The number of hydrogen-bond acceptors (Lipinski definition) is 6. The van der Waals surface area contributed by atoms with Gasteiger partial charge in [0.1, 0.15) is 5.58 Å². The predicted octanol–water partition coefficient (Wildman–Crippen LogP) is 6.71. The lowest BCUT2D eigenvalue weighted by Gasteiger charge is -2.34. The Morgan fingerprint density at radius 1 is 0.959 bits per heavy atom. The molecule has 10 heteroatoms. The summed E-state index contributed by atoms with van der Waals surface area (Å²) < 4.78 is 7.76. The van der Waals surface area contributed by atoms with E-state index in [1.807, 2.05) is 41.3 Å². The molecule has 250 valence electrons. The lowest BCUT2D eigenvalue weighted by atomic mass is 9.97. The Morgan fingerprint density at radius 3 is 2.55 bits per heavy atom. The second kappa shape index (κ2) is 14.5. The van der Waals surface area contributed by atoms with Gasteiger partial charge in [-0.15, -0.1) is 0 Å². The number of halogens is 1. The van der Waals surface area contributed by atoms with Crippen LogP contribution in [-0.2, 0) is 17.8 Å². The average molecular weight is 676 g/mol. The van der Waals surface area contributed by atoms with Crippen LogP contribution in [0.1, 0.15) is 53.8 Å². The van der Waals surface area contributed by atoms with Crippen LogP contribution in [0.4, 0.5) is 5.69 Å². The lowest BCUT2D eigenvalue weighted by Crippen LogP contribution is -2.37. The Balaban J connectivity index is 1.08. The largest absolute Gasteiger partial charge is 0.451 e. The molecule has 0 aliphatic carbocycles. The highest BCUT2D eigenvalue weighted by atomic mass is 35.5. The van der Waals surface area contributed by atoms with Gasteiger partial charge in [0.25, 0.3) is 5.91 Å². The summed E-state index contributed by atoms with van der Waals surface area (Å²) in [7, 11) is 0. The number of nitrogens with zero attached hydrogens (tertiary/aromatic N) is 4. The molecule has 0 radical (unpaired) electrons. The van der Waals surface area contributed by atoms with Crippen molar-refractivity contribution in [1.29, 1.82) is 0 Å². The fourth-order valence-electron chi connectivity index (χ4n) is 6.77. The van der Waals surface area contributed by atoms with Gasteiger partial charge in [0.05, 0.1) is 17.8 Å². The molecule has 0 saturated carbocycles. The monoisotopic (exact) mass is 675 g/mol. The molecule has 1 atom stereocenters. The Labute approximate surface area is 289 Å². The van der Waals surface area contributed by atoms with Gasteiger partial charge < -0.3 is 24.1 Å². The highest BCUT2D eigenvalue weighted by molar-refractivity contribution is 6.30. The minimum Gasteiger partial charge on any atom is -0.451 e. The number of para-hydroxylation sites is 1. The molecule has 49 heavy (non-hydrogen) atoms. The van der Waals surface area contributed by atoms with Gasteiger partial charge in [0, 0.05) is 67.5 Å². The minimum absolute atomic E-state index is 0.0361. The number of anilines is 1. The quantitative estimate of drug-likeness (QED) is 0.174. The standard InChI is InChI=1S/C39H38ClN5O4/c40-30-10-8-27(9-11-30)21-31(42-39(48)37-24-35(46)33-23-32(12-13-36(33)49-37)45-20-16-41-26-45)22-28-14-18-43(19-15-28)34-6-2-1-5-29(34)25-44-17-4-3-7-38(44)47/h1-2,5-6,8-13,16,20,22-24,26,31H,3-4,7,14-15,17-19,21,25H2,(H,42,48)/t31-/m1/s1. The summed E-state index contributed by atoms with van der Waals surface area (Å²) in [4.78, 5) is 47.7. The zero-order valence-corrected chi connectivity index (χ0v) is 27.9. The third-order valence-corrected chi connectivity index (χ3v) is 9.63. The molecule has 3 aromatic carbocycles. The molecule has 7 rings (SSSR count). The van der Waals surface area contributed by atoms with E-state index in [4.69, 9.17) is 16.0 Å². The lowest BCUT2D eigenvalue weighted by molar-refractivity contribution is -0.133. The number of hydrogen-bond donors (Lipinski definition) is 1. The van der Waals surface area contributed by atoms with Crippen LogP contribution < -0.4 is 15.6 Å². The topological polar surface area (TPSA) is 101 Å². The summed E-state index contributed by atoms with van der Waals surface area (Å²) in [6.07, 6.45) is 12.2. The van der Waals surface area contributed by atoms with Gasteiger partial charge in [-0.3, -0.25) is 14.4 Å². The van der Waals surface area contributed by atoms with Gasteiger partial charge in [-0.25, -0.2) is 4.98 Å².